The molecule has 0 aliphatic rings. The first-order chi connectivity index (χ1) is 9.65. The third-order valence-corrected chi connectivity index (χ3v) is 3.18. The Kier molecular flexibility index (Phi) is 2.95. The minimum Gasteiger partial charge on any atom is -0.384 e. The lowest BCUT2D eigenvalue weighted by molar-refractivity contribution is 0.995. The molecular weight excluding hydrogens is 250 g/mol. The smallest absolute Gasteiger partial charge is 0.123 e. The molecule has 0 fully saturated rings. The number of nitrogens with zero attached hydrogens (tertiary/aromatic N) is 4. The Bertz CT molecular complexity index is 743. The number of hydrogen-bond acceptors (Lipinski definition) is 4. The van der Waals surface area contributed by atoms with Gasteiger partial charge in [0.2, 0.25) is 0 Å². The van der Waals surface area contributed by atoms with Crippen molar-refractivity contribution >= 4 is 5.82 Å². The van der Waals surface area contributed by atoms with Gasteiger partial charge in [0.1, 0.15) is 5.82 Å². The van der Waals surface area contributed by atoms with Crippen molar-refractivity contribution in [1.82, 2.24) is 19.5 Å². The molecule has 3 aromatic rings. The van der Waals surface area contributed by atoms with Gasteiger partial charge in [-0.05, 0) is 38.1 Å². The largest absolute Gasteiger partial charge is 0.384 e. The first-order valence-electron chi connectivity index (χ1n) is 6.34. The molecule has 0 saturated heterocycles. The van der Waals surface area contributed by atoms with Crippen molar-refractivity contribution in [3.05, 3.63) is 54.4 Å². The van der Waals surface area contributed by atoms with Gasteiger partial charge in [-0.2, -0.15) is 0 Å². The first-order valence-corrected chi connectivity index (χ1v) is 6.34. The first kappa shape index (κ1) is 12.3. The number of hydrogen-bond donors (Lipinski definition) is 1. The molecule has 5 nitrogen and oxygen atoms in total. The molecule has 3 aromatic heterocycles. The lowest BCUT2D eigenvalue weighted by Gasteiger charge is -2.11. The molecule has 0 aromatic carbocycles. The summed E-state index contributed by atoms with van der Waals surface area (Å²) < 4.78 is 2.01. The highest BCUT2D eigenvalue weighted by molar-refractivity contribution is 5.62. The van der Waals surface area contributed by atoms with Crippen molar-refractivity contribution in [3.63, 3.8) is 0 Å². The molecule has 2 N–H and O–H groups in total. The van der Waals surface area contributed by atoms with Gasteiger partial charge in [-0.25, -0.2) is 9.97 Å². The SMILES string of the molecule is Cc1ccc(-n2cncc2-c2ccc(N)nc2)c(C)n1. The predicted octanol–water partition coefficient (Wildman–Crippen LogP) is 2.53. The van der Waals surface area contributed by atoms with Crippen molar-refractivity contribution in [2.24, 2.45) is 0 Å². The third kappa shape index (κ3) is 2.14. The molecule has 3 rings (SSSR count). The molecule has 0 spiro atoms. The van der Waals surface area contributed by atoms with Crippen LogP contribution in [0.1, 0.15) is 11.4 Å². The number of anilines is 1. The van der Waals surface area contributed by atoms with Crippen LogP contribution in [0.5, 0.6) is 0 Å². The van der Waals surface area contributed by atoms with Gasteiger partial charge in [-0.3, -0.25) is 9.55 Å². The van der Waals surface area contributed by atoms with E-state index < -0.39 is 0 Å². The fourth-order valence-electron chi connectivity index (χ4n) is 2.19. The standard InChI is InChI=1S/C15H15N5/c1-10-3-5-13(11(2)19-10)20-9-17-8-14(20)12-4-6-15(16)18-7-12/h3-9H,1-2H3,(H2,16,18). The molecule has 100 valence electrons. The summed E-state index contributed by atoms with van der Waals surface area (Å²) in [6, 6.07) is 7.76. The topological polar surface area (TPSA) is 69.6 Å². The van der Waals surface area contributed by atoms with Crippen LogP contribution in [0.15, 0.2) is 43.0 Å². The van der Waals surface area contributed by atoms with Gasteiger partial charge in [0.05, 0.1) is 29.6 Å². The summed E-state index contributed by atoms with van der Waals surface area (Å²) >= 11 is 0. The second-order valence-corrected chi connectivity index (χ2v) is 4.68. The number of rotatable bonds is 2. The van der Waals surface area contributed by atoms with Crippen LogP contribution < -0.4 is 5.73 Å². The molecule has 20 heavy (non-hydrogen) atoms. The molecule has 3 heterocycles. The van der Waals surface area contributed by atoms with Gasteiger partial charge in [0, 0.05) is 17.5 Å². The van der Waals surface area contributed by atoms with Gasteiger partial charge in [-0.15, -0.1) is 0 Å². The van der Waals surface area contributed by atoms with Crippen LogP contribution in [0.4, 0.5) is 5.82 Å². The molecule has 0 radical (unpaired) electrons. The maximum absolute atomic E-state index is 5.63. The molecule has 0 aliphatic heterocycles. The number of imidazole rings is 1. The van der Waals surface area contributed by atoms with E-state index in [2.05, 4.69) is 15.0 Å². The fourth-order valence-corrected chi connectivity index (χ4v) is 2.19. The zero-order valence-corrected chi connectivity index (χ0v) is 11.4. The van der Waals surface area contributed by atoms with Crippen LogP contribution in [0.3, 0.4) is 0 Å². The van der Waals surface area contributed by atoms with Crippen LogP contribution in [-0.4, -0.2) is 19.5 Å². The van der Waals surface area contributed by atoms with Crippen LogP contribution in [0, 0.1) is 13.8 Å². The Morgan fingerprint density at radius 2 is 1.90 bits per heavy atom. The van der Waals surface area contributed by atoms with E-state index in [1.54, 1.807) is 18.6 Å². The van der Waals surface area contributed by atoms with Crippen LogP contribution >= 0.6 is 0 Å². The van der Waals surface area contributed by atoms with Gasteiger partial charge in [0.15, 0.2) is 0 Å². The Balaban J connectivity index is 2.12. The summed E-state index contributed by atoms with van der Waals surface area (Å²) in [7, 11) is 0. The van der Waals surface area contributed by atoms with Crippen molar-refractivity contribution in [3.8, 4) is 16.9 Å². The molecular formula is C15H15N5. The fraction of sp³-hybridized carbons (Fsp3) is 0.133. The summed E-state index contributed by atoms with van der Waals surface area (Å²) in [6.45, 7) is 3.98. The quantitative estimate of drug-likeness (QED) is 0.773. The second-order valence-electron chi connectivity index (χ2n) is 4.68. The van der Waals surface area contributed by atoms with Crippen molar-refractivity contribution in [1.29, 1.82) is 0 Å². The zero-order chi connectivity index (χ0) is 14.1. The number of nitrogen functional groups attached to an aromatic ring is 1. The van der Waals surface area contributed by atoms with E-state index in [9.17, 15) is 0 Å². The molecule has 0 bridgehead atoms. The summed E-state index contributed by atoms with van der Waals surface area (Å²) in [5.41, 5.74) is 10.5. The highest BCUT2D eigenvalue weighted by atomic mass is 15.1. The van der Waals surface area contributed by atoms with Gasteiger partial charge in [0.25, 0.3) is 0 Å². The molecule has 0 saturated carbocycles. The zero-order valence-electron chi connectivity index (χ0n) is 11.4. The summed E-state index contributed by atoms with van der Waals surface area (Å²) in [4.78, 5) is 12.9. The summed E-state index contributed by atoms with van der Waals surface area (Å²) in [5, 5.41) is 0. The van der Waals surface area contributed by atoms with Gasteiger partial charge in [-0.1, -0.05) is 0 Å². The Hall–Kier alpha value is -2.69. The maximum atomic E-state index is 5.63. The normalized spacial score (nSPS) is 10.7. The van der Waals surface area contributed by atoms with Crippen LogP contribution in [0.2, 0.25) is 0 Å². The average Bonchev–Trinajstić information content (AvgIpc) is 2.88. The van der Waals surface area contributed by atoms with Crippen molar-refractivity contribution < 1.29 is 0 Å². The van der Waals surface area contributed by atoms with E-state index in [1.807, 2.05) is 42.8 Å². The minimum atomic E-state index is 0.507. The molecule has 0 atom stereocenters. The second kappa shape index (κ2) is 4.77. The third-order valence-electron chi connectivity index (χ3n) is 3.18. The summed E-state index contributed by atoms with van der Waals surface area (Å²) in [6.07, 6.45) is 5.34. The van der Waals surface area contributed by atoms with Crippen molar-refractivity contribution in [2.75, 3.05) is 5.73 Å². The highest BCUT2D eigenvalue weighted by Crippen LogP contribution is 2.23. The Labute approximate surface area is 117 Å². The minimum absolute atomic E-state index is 0.507. The van der Waals surface area contributed by atoms with Crippen molar-refractivity contribution in [2.45, 2.75) is 13.8 Å². The lowest BCUT2D eigenvalue weighted by atomic mass is 10.2. The predicted molar refractivity (Wildman–Crippen MR) is 78.5 cm³/mol. The lowest BCUT2D eigenvalue weighted by Crippen LogP contribution is -2.01. The molecule has 5 heteroatoms. The van der Waals surface area contributed by atoms with Crippen LogP contribution in [-0.2, 0) is 0 Å². The Morgan fingerprint density at radius 3 is 2.60 bits per heavy atom. The van der Waals surface area contributed by atoms with Gasteiger partial charge >= 0.3 is 0 Å². The van der Waals surface area contributed by atoms with E-state index in [0.29, 0.717) is 5.82 Å². The van der Waals surface area contributed by atoms with E-state index >= 15 is 0 Å². The van der Waals surface area contributed by atoms with E-state index in [0.717, 1.165) is 28.3 Å². The van der Waals surface area contributed by atoms with E-state index in [1.165, 1.54) is 0 Å². The number of aromatic nitrogens is 4. The average molecular weight is 265 g/mol. The van der Waals surface area contributed by atoms with E-state index in [-0.39, 0.29) is 0 Å². The molecule has 0 amide bonds. The summed E-state index contributed by atoms with van der Waals surface area (Å²) in [5.74, 6) is 0.507. The number of pyridine rings is 2. The number of nitrogens with two attached hydrogens (primary N) is 1. The van der Waals surface area contributed by atoms with E-state index in [4.69, 9.17) is 5.73 Å². The van der Waals surface area contributed by atoms with Gasteiger partial charge < -0.3 is 5.73 Å². The monoisotopic (exact) mass is 265 g/mol. The van der Waals surface area contributed by atoms with Crippen LogP contribution in [0.25, 0.3) is 16.9 Å². The maximum Gasteiger partial charge on any atom is 0.123 e. The molecule has 0 aliphatic carbocycles. The number of aryl methyl sites for hydroxylation is 2. The molecule has 0 unspecified atom stereocenters. The highest BCUT2D eigenvalue weighted by Gasteiger charge is 2.10. The Morgan fingerprint density at radius 1 is 1.05 bits per heavy atom.